The number of hydrogen-bond acceptors (Lipinski definition) is 3. The first-order valence-corrected chi connectivity index (χ1v) is 10.7. The Morgan fingerprint density at radius 1 is 1.12 bits per heavy atom. The Hall–Kier alpha value is -2.90. The number of alkyl halides is 3. The van der Waals surface area contributed by atoms with Crippen LogP contribution in [0, 0.1) is 0 Å². The smallest absolute Gasteiger partial charge is 0.380 e. The van der Waals surface area contributed by atoms with Crippen LogP contribution in [0.5, 0.6) is 0 Å². The molecule has 5 rings (SSSR count). The average molecular weight is 439 g/mol. The molecule has 0 amide bonds. The van der Waals surface area contributed by atoms with Crippen LogP contribution in [0.4, 0.5) is 13.2 Å². The Balaban J connectivity index is 1.61. The van der Waals surface area contributed by atoms with Gasteiger partial charge in [-0.15, -0.1) is 0 Å². The van der Waals surface area contributed by atoms with Crippen molar-refractivity contribution in [3.05, 3.63) is 72.2 Å². The molecule has 0 spiro atoms. The number of aromatic nitrogens is 2. The summed E-state index contributed by atoms with van der Waals surface area (Å²) >= 11 is 0. The van der Waals surface area contributed by atoms with Crippen LogP contribution in [0.15, 0.2) is 61.1 Å². The Morgan fingerprint density at radius 2 is 1.94 bits per heavy atom. The molecule has 32 heavy (non-hydrogen) atoms. The molecule has 2 aromatic heterocycles. The summed E-state index contributed by atoms with van der Waals surface area (Å²) in [6.45, 7) is 1.88. The van der Waals surface area contributed by atoms with Crippen LogP contribution < -0.4 is 0 Å². The number of H-pyrrole nitrogens is 1. The predicted octanol–water partition coefficient (Wildman–Crippen LogP) is 5.64. The van der Waals surface area contributed by atoms with Crippen molar-refractivity contribution in [1.82, 2.24) is 14.9 Å². The lowest BCUT2D eigenvalue weighted by Crippen LogP contribution is -2.32. The van der Waals surface area contributed by atoms with Crippen LogP contribution in [0.1, 0.15) is 24.0 Å². The first-order chi connectivity index (χ1) is 15.4. The molecule has 1 fully saturated rings. The second-order valence-electron chi connectivity index (χ2n) is 8.36. The van der Waals surface area contributed by atoms with Gasteiger partial charge in [-0.2, -0.15) is 13.2 Å². The Kier molecular flexibility index (Phi) is 5.39. The highest BCUT2D eigenvalue weighted by Gasteiger charge is 2.34. The lowest BCUT2D eigenvalue weighted by molar-refractivity contribution is -0.137. The van der Waals surface area contributed by atoms with E-state index in [1.807, 2.05) is 18.3 Å². The van der Waals surface area contributed by atoms with E-state index in [1.54, 1.807) is 25.6 Å². The average Bonchev–Trinajstić information content (AvgIpc) is 3.43. The molecule has 2 unspecified atom stereocenters. The molecule has 4 heterocycles. The monoisotopic (exact) mass is 439 g/mol. The van der Waals surface area contributed by atoms with Gasteiger partial charge in [0.25, 0.3) is 0 Å². The predicted molar refractivity (Wildman–Crippen MR) is 118 cm³/mol. The minimum Gasteiger partial charge on any atom is -0.380 e. The van der Waals surface area contributed by atoms with Gasteiger partial charge in [0.1, 0.15) is 0 Å². The Bertz CT molecular complexity index is 1140. The summed E-state index contributed by atoms with van der Waals surface area (Å²) < 4.78 is 45.6. The summed E-state index contributed by atoms with van der Waals surface area (Å²) in [6.07, 6.45) is 5.32. The number of halogens is 3. The third-order valence-electron chi connectivity index (χ3n) is 6.48. The SMILES string of the molecule is COC1CC2C=C(c3c[nH]c(-c4cccc(C(F)(F)F)c4)c3-c3ccncc3)CCN2C1. The van der Waals surface area contributed by atoms with Gasteiger partial charge >= 0.3 is 6.18 Å². The molecule has 1 aromatic carbocycles. The molecule has 2 atom stereocenters. The zero-order chi connectivity index (χ0) is 22.3. The molecule has 0 saturated carbocycles. The highest BCUT2D eigenvalue weighted by Crippen LogP contribution is 2.42. The highest BCUT2D eigenvalue weighted by molar-refractivity contribution is 5.91. The molecule has 7 heteroatoms. The molecule has 2 aliphatic rings. The van der Waals surface area contributed by atoms with E-state index in [9.17, 15) is 13.2 Å². The number of aromatic amines is 1. The van der Waals surface area contributed by atoms with Crippen LogP contribution in [0.25, 0.3) is 28.0 Å². The number of benzene rings is 1. The van der Waals surface area contributed by atoms with Crippen molar-refractivity contribution in [2.75, 3.05) is 20.2 Å². The second kappa shape index (κ2) is 8.22. The maximum absolute atomic E-state index is 13.3. The van der Waals surface area contributed by atoms with E-state index in [2.05, 4.69) is 20.9 Å². The second-order valence-corrected chi connectivity index (χ2v) is 8.36. The highest BCUT2D eigenvalue weighted by atomic mass is 19.4. The van der Waals surface area contributed by atoms with E-state index in [-0.39, 0.29) is 6.10 Å². The number of rotatable bonds is 4. The standard InChI is InChI=1S/C25H24F3N3O/c1-32-21-13-20-12-17(7-10-31(20)15-21)22-14-30-24(23(22)16-5-8-29-9-6-16)18-3-2-4-19(11-18)25(26,27)28/h2-6,8-9,11-12,14,20-21,30H,7,10,13,15H2,1H3. The minimum atomic E-state index is -4.39. The van der Waals surface area contributed by atoms with Crippen molar-refractivity contribution < 1.29 is 17.9 Å². The van der Waals surface area contributed by atoms with Crippen LogP contribution in [0.3, 0.4) is 0 Å². The molecule has 0 radical (unpaired) electrons. The zero-order valence-electron chi connectivity index (χ0n) is 17.7. The third kappa shape index (κ3) is 3.87. The molecular formula is C25H24F3N3O. The maximum atomic E-state index is 13.3. The summed E-state index contributed by atoms with van der Waals surface area (Å²) in [4.78, 5) is 9.83. The van der Waals surface area contributed by atoms with E-state index < -0.39 is 11.7 Å². The molecule has 1 saturated heterocycles. The number of fused-ring (bicyclic) bond motifs is 1. The quantitative estimate of drug-likeness (QED) is 0.572. The fraction of sp³-hybridized carbons (Fsp3) is 0.320. The van der Waals surface area contributed by atoms with Gasteiger partial charge in [-0.05, 0) is 53.8 Å². The summed E-state index contributed by atoms with van der Waals surface area (Å²) in [5, 5.41) is 0. The van der Waals surface area contributed by atoms with Crippen molar-refractivity contribution in [3.8, 4) is 22.4 Å². The van der Waals surface area contributed by atoms with Gasteiger partial charge in [0, 0.05) is 56.0 Å². The van der Waals surface area contributed by atoms with Crippen molar-refractivity contribution in [2.24, 2.45) is 0 Å². The van der Waals surface area contributed by atoms with Gasteiger partial charge in [-0.3, -0.25) is 9.88 Å². The number of ether oxygens (including phenoxy) is 1. The van der Waals surface area contributed by atoms with Gasteiger partial charge in [0.2, 0.25) is 0 Å². The number of hydrogen-bond donors (Lipinski definition) is 1. The molecule has 166 valence electrons. The fourth-order valence-corrected chi connectivity index (χ4v) is 4.87. The number of methoxy groups -OCH3 is 1. The normalized spacial score (nSPS) is 21.4. The largest absolute Gasteiger partial charge is 0.416 e. The first-order valence-electron chi connectivity index (χ1n) is 10.7. The van der Waals surface area contributed by atoms with Crippen LogP contribution in [-0.2, 0) is 10.9 Å². The molecular weight excluding hydrogens is 415 g/mol. The third-order valence-corrected chi connectivity index (χ3v) is 6.48. The van der Waals surface area contributed by atoms with Gasteiger partial charge in [0.15, 0.2) is 0 Å². The molecule has 4 nitrogen and oxygen atoms in total. The van der Waals surface area contributed by atoms with Crippen molar-refractivity contribution >= 4 is 5.57 Å². The van der Waals surface area contributed by atoms with Gasteiger partial charge in [-0.25, -0.2) is 0 Å². The summed E-state index contributed by atoms with van der Waals surface area (Å²) in [5.41, 5.74) is 4.61. The molecule has 0 aliphatic carbocycles. The van der Waals surface area contributed by atoms with E-state index >= 15 is 0 Å². The molecule has 1 N–H and O–H groups in total. The topological polar surface area (TPSA) is 41.1 Å². The summed E-state index contributed by atoms with van der Waals surface area (Å²) in [5.74, 6) is 0. The van der Waals surface area contributed by atoms with Crippen molar-refractivity contribution in [2.45, 2.75) is 31.2 Å². The fourth-order valence-electron chi connectivity index (χ4n) is 4.87. The summed E-state index contributed by atoms with van der Waals surface area (Å²) in [6, 6.07) is 9.59. The number of nitrogens with one attached hydrogen (secondary N) is 1. The van der Waals surface area contributed by atoms with Crippen molar-refractivity contribution in [3.63, 3.8) is 0 Å². The lowest BCUT2D eigenvalue weighted by atomic mass is 9.90. The summed E-state index contributed by atoms with van der Waals surface area (Å²) in [7, 11) is 1.75. The number of pyridine rings is 1. The van der Waals surface area contributed by atoms with Crippen molar-refractivity contribution in [1.29, 1.82) is 0 Å². The lowest BCUT2D eigenvalue weighted by Gasteiger charge is -2.28. The molecule has 2 aliphatic heterocycles. The Labute approximate surface area is 184 Å². The van der Waals surface area contributed by atoms with Crippen LogP contribution >= 0.6 is 0 Å². The minimum absolute atomic E-state index is 0.238. The van der Waals surface area contributed by atoms with Crippen LogP contribution in [0.2, 0.25) is 0 Å². The maximum Gasteiger partial charge on any atom is 0.416 e. The Morgan fingerprint density at radius 3 is 2.69 bits per heavy atom. The van der Waals surface area contributed by atoms with E-state index in [4.69, 9.17) is 4.74 Å². The molecule has 0 bridgehead atoms. The van der Waals surface area contributed by atoms with E-state index in [0.717, 1.165) is 48.7 Å². The van der Waals surface area contributed by atoms with E-state index in [0.29, 0.717) is 17.3 Å². The van der Waals surface area contributed by atoms with Gasteiger partial charge in [0.05, 0.1) is 17.4 Å². The van der Waals surface area contributed by atoms with E-state index in [1.165, 1.54) is 17.7 Å². The zero-order valence-corrected chi connectivity index (χ0v) is 17.7. The van der Waals surface area contributed by atoms with Gasteiger partial charge < -0.3 is 9.72 Å². The number of nitrogens with zero attached hydrogens (tertiary/aromatic N) is 2. The van der Waals surface area contributed by atoms with Crippen LogP contribution in [-0.4, -0.2) is 47.2 Å². The first kappa shape index (κ1) is 21.0. The van der Waals surface area contributed by atoms with Gasteiger partial charge in [-0.1, -0.05) is 18.2 Å². The molecule has 3 aromatic rings.